The number of aromatic nitrogens is 2. The highest BCUT2D eigenvalue weighted by Crippen LogP contribution is 2.23. The van der Waals surface area contributed by atoms with Crippen LogP contribution in [0.2, 0.25) is 0 Å². The summed E-state index contributed by atoms with van der Waals surface area (Å²) >= 11 is 0. The highest BCUT2D eigenvalue weighted by molar-refractivity contribution is 5.92. The number of rotatable bonds is 3. The van der Waals surface area contributed by atoms with Crippen LogP contribution in [0.3, 0.4) is 0 Å². The first-order chi connectivity index (χ1) is 11.3. The Morgan fingerprint density at radius 3 is 2.42 bits per heavy atom. The minimum absolute atomic E-state index is 0.0936. The lowest BCUT2D eigenvalue weighted by Gasteiger charge is -2.35. The Morgan fingerprint density at radius 1 is 1.21 bits per heavy atom. The normalized spacial score (nSPS) is 21.0. The van der Waals surface area contributed by atoms with Crippen molar-refractivity contribution in [2.75, 3.05) is 7.05 Å². The van der Waals surface area contributed by atoms with Crippen molar-refractivity contribution in [1.29, 1.82) is 0 Å². The molecule has 1 heterocycles. The fourth-order valence-corrected chi connectivity index (χ4v) is 2.84. The van der Waals surface area contributed by atoms with E-state index < -0.39 is 5.60 Å². The third-order valence-electron chi connectivity index (χ3n) is 4.07. The van der Waals surface area contributed by atoms with Gasteiger partial charge in [-0.2, -0.15) is 0 Å². The van der Waals surface area contributed by atoms with Gasteiger partial charge in [0.15, 0.2) is 0 Å². The summed E-state index contributed by atoms with van der Waals surface area (Å²) in [5, 5.41) is 2.91. The molecule has 7 nitrogen and oxygen atoms in total. The second-order valence-electron chi connectivity index (χ2n) is 7.16. The molecule has 2 rings (SSSR count). The average Bonchev–Trinajstić information content (AvgIpc) is 2.53. The molecule has 1 saturated carbocycles. The van der Waals surface area contributed by atoms with E-state index >= 15 is 0 Å². The van der Waals surface area contributed by atoms with Gasteiger partial charge in [-0.05, 0) is 46.5 Å². The smallest absolute Gasteiger partial charge is 0.407 e. The molecular formula is C17H26N4O3. The van der Waals surface area contributed by atoms with Crippen LogP contribution >= 0.6 is 0 Å². The molecule has 1 aliphatic carbocycles. The number of carbonyl (C=O) groups excluding carboxylic acids is 2. The zero-order chi connectivity index (χ0) is 17.7. The van der Waals surface area contributed by atoms with Crippen LogP contribution in [-0.4, -0.2) is 51.6 Å². The summed E-state index contributed by atoms with van der Waals surface area (Å²) in [6, 6.07) is 0.243. The molecule has 0 atom stereocenters. The van der Waals surface area contributed by atoms with Gasteiger partial charge < -0.3 is 15.0 Å². The van der Waals surface area contributed by atoms with Crippen LogP contribution < -0.4 is 5.32 Å². The van der Waals surface area contributed by atoms with E-state index in [4.69, 9.17) is 4.74 Å². The Kier molecular flexibility index (Phi) is 5.75. The maximum Gasteiger partial charge on any atom is 0.407 e. The first-order valence-corrected chi connectivity index (χ1v) is 8.29. The summed E-state index contributed by atoms with van der Waals surface area (Å²) in [6.45, 7) is 5.53. The van der Waals surface area contributed by atoms with Crippen molar-refractivity contribution in [2.45, 2.75) is 64.1 Å². The standard InChI is InChI=1S/C17H26N4O3/c1-17(2,3)24-16(23)20-12-5-7-13(8-6-12)21(4)15(22)14-11-18-9-10-19-14/h9-13H,5-8H2,1-4H3,(H,20,23)/t12-,13-. The molecule has 0 saturated heterocycles. The van der Waals surface area contributed by atoms with Gasteiger partial charge in [0.25, 0.3) is 5.91 Å². The second-order valence-corrected chi connectivity index (χ2v) is 7.16. The zero-order valence-corrected chi connectivity index (χ0v) is 14.8. The van der Waals surface area contributed by atoms with Crippen molar-refractivity contribution in [3.63, 3.8) is 0 Å². The van der Waals surface area contributed by atoms with Gasteiger partial charge in [0.1, 0.15) is 11.3 Å². The van der Waals surface area contributed by atoms with Crippen molar-refractivity contribution >= 4 is 12.0 Å². The van der Waals surface area contributed by atoms with Crippen molar-refractivity contribution in [2.24, 2.45) is 0 Å². The molecule has 0 unspecified atom stereocenters. The fraction of sp³-hybridized carbons (Fsp3) is 0.647. The number of alkyl carbamates (subject to hydrolysis) is 1. The number of amides is 2. The largest absolute Gasteiger partial charge is 0.444 e. The van der Waals surface area contributed by atoms with Crippen LogP contribution in [0, 0.1) is 0 Å². The fourth-order valence-electron chi connectivity index (χ4n) is 2.84. The van der Waals surface area contributed by atoms with Gasteiger partial charge in [-0.1, -0.05) is 0 Å². The Morgan fingerprint density at radius 2 is 1.88 bits per heavy atom. The van der Waals surface area contributed by atoms with Crippen LogP contribution in [0.1, 0.15) is 56.9 Å². The molecule has 1 fully saturated rings. The van der Waals surface area contributed by atoms with E-state index in [1.807, 2.05) is 20.8 Å². The SMILES string of the molecule is CN(C(=O)c1cnccn1)[C@H]1CC[C@H](NC(=O)OC(C)(C)C)CC1. The molecule has 0 aromatic carbocycles. The topological polar surface area (TPSA) is 84.4 Å². The van der Waals surface area contributed by atoms with E-state index in [2.05, 4.69) is 15.3 Å². The van der Waals surface area contributed by atoms with Gasteiger partial charge >= 0.3 is 6.09 Å². The summed E-state index contributed by atoms with van der Waals surface area (Å²) in [5.74, 6) is -0.119. The number of nitrogens with zero attached hydrogens (tertiary/aromatic N) is 3. The Labute approximate surface area is 142 Å². The van der Waals surface area contributed by atoms with E-state index in [0.29, 0.717) is 5.69 Å². The molecule has 1 aromatic heterocycles. The van der Waals surface area contributed by atoms with Gasteiger partial charge in [0.05, 0.1) is 6.20 Å². The maximum absolute atomic E-state index is 12.4. The number of carbonyl (C=O) groups is 2. The third-order valence-corrected chi connectivity index (χ3v) is 4.07. The predicted molar refractivity (Wildman–Crippen MR) is 89.5 cm³/mol. The highest BCUT2D eigenvalue weighted by Gasteiger charge is 2.29. The van der Waals surface area contributed by atoms with Crippen LogP contribution in [0.15, 0.2) is 18.6 Å². The minimum Gasteiger partial charge on any atom is -0.444 e. The monoisotopic (exact) mass is 334 g/mol. The lowest BCUT2D eigenvalue weighted by Crippen LogP contribution is -2.45. The molecule has 0 spiro atoms. The number of ether oxygens (including phenoxy) is 1. The third kappa shape index (κ3) is 5.18. The quantitative estimate of drug-likeness (QED) is 0.917. The van der Waals surface area contributed by atoms with Gasteiger partial charge in [0.2, 0.25) is 0 Å². The van der Waals surface area contributed by atoms with Gasteiger partial charge in [-0.25, -0.2) is 9.78 Å². The van der Waals surface area contributed by atoms with Crippen LogP contribution in [0.5, 0.6) is 0 Å². The number of hydrogen-bond acceptors (Lipinski definition) is 5. The Bertz CT molecular complexity index is 563. The molecule has 132 valence electrons. The number of nitrogens with one attached hydrogen (secondary N) is 1. The predicted octanol–water partition coefficient (Wildman–Crippen LogP) is 2.38. The van der Waals surface area contributed by atoms with E-state index in [1.165, 1.54) is 12.4 Å². The molecule has 0 bridgehead atoms. The van der Waals surface area contributed by atoms with Crippen LogP contribution in [0.25, 0.3) is 0 Å². The molecule has 1 aromatic rings. The molecule has 7 heteroatoms. The van der Waals surface area contributed by atoms with Crippen molar-refractivity contribution < 1.29 is 14.3 Å². The first kappa shape index (κ1) is 18.2. The lowest BCUT2D eigenvalue weighted by molar-refractivity contribution is 0.0469. The number of hydrogen-bond donors (Lipinski definition) is 1. The molecule has 2 amide bonds. The maximum atomic E-state index is 12.4. The van der Waals surface area contributed by atoms with Crippen LogP contribution in [0.4, 0.5) is 4.79 Å². The Balaban J connectivity index is 1.82. The summed E-state index contributed by atoms with van der Waals surface area (Å²) in [7, 11) is 1.79. The summed E-state index contributed by atoms with van der Waals surface area (Å²) in [4.78, 5) is 33.9. The average molecular weight is 334 g/mol. The van der Waals surface area contributed by atoms with Gasteiger partial charge in [0, 0.05) is 31.5 Å². The molecule has 0 radical (unpaired) electrons. The van der Waals surface area contributed by atoms with E-state index in [-0.39, 0.29) is 24.1 Å². The van der Waals surface area contributed by atoms with E-state index in [9.17, 15) is 9.59 Å². The molecule has 1 N–H and O–H groups in total. The lowest BCUT2D eigenvalue weighted by atomic mass is 9.90. The van der Waals surface area contributed by atoms with Crippen molar-refractivity contribution in [3.05, 3.63) is 24.3 Å². The minimum atomic E-state index is -0.495. The second kappa shape index (κ2) is 7.59. The van der Waals surface area contributed by atoms with E-state index in [0.717, 1.165) is 25.7 Å². The van der Waals surface area contributed by atoms with Gasteiger partial charge in [-0.3, -0.25) is 9.78 Å². The molecular weight excluding hydrogens is 308 g/mol. The van der Waals surface area contributed by atoms with Crippen molar-refractivity contribution in [1.82, 2.24) is 20.2 Å². The molecule has 0 aliphatic heterocycles. The first-order valence-electron chi connectivity index (χ1n) is 8.29. The van der Waals surface area contributed by atoms with Crippen LogP contribution in [-0.2, 0) is 4.74 Å². The summed E-state index contributed by atoms with van der Waals surface area (Å²) in [5.41, 5.74) is -0.140. The molecule has 1 aliphatic rings. The molecule has 24 heavy (non-hydrogen) atoms. The van der Waals surface area contributed by atoms with Gasteiger partial charge in [-0.15, -0.1) is 0 Å². The summed E-state index contributed by atoms with van der Waals surface area (Å²) < 4.78 is 5.28. The Hall–Kier alpha value is -2.18. The summed E-state index contributed by atoms with van der Waals surface area (Å²) in [6.07, 6.45) is 7.48. The van der Waals surface area contributed by atoms with E-state index in [1.54, 1.807) is 18.1 Å². The highest BCUT2D eigenvalue weighted by atomic mass is 16.6. The zero-order valence-electron chi connectivity index (χ0n) is 14.8. The van der Waals surface area contributed by atoms with Crippen molar-refractivity contribution in [3.8, 4) is 0 Å².